The Labute approximate surface area is 119 Å². The Morgan fingerprint density at radius 1 is 1.05 bits per heavy atom. The summed E-state index contributed by atoms with van der Waals surface area (Å²) < 4.78 is 0.896. The summed E-state index contributed by atoms with van der Waals surface area (Å²) in [6, 6.07) is 15.2. The van der Waals surface area contributed by atoms with Gasteiger partial charge in [-0.15, -0.1) is 0 Å². The fourth-order valence-electron chi connectivity index (χ4n) is 1.96. The van der Waals surface area contributed by atoms with Crippen molar-refractivity contribution in [3.05, 3.63) is 59.2 Å². The third kappa shape index (κ3) is 2.39. The van der Waals surface area contributed by atoms with Crippen LogP contribution in [0.4, 0.5) is 11.5 Å². The van der Waals surface area contributed by atoms with E-state index in [1.807, 2.05) is 36.4 Å². The van der Waals surface area contributed by atoms with Crippen LogP contribution in [0.5, 0.6) is 5.75 Å². The molecule has 0 bridgehead atoms. The maximum Gasteiger partial charge on any atom is 0.139 e. The molecule has 0 fully saturated rings. The van der Waals surface area contributed by atoms with E-state index in [2.05, 4.69) is 26.2 Å². The number of benzene rings is 2. The van der Waals surface area contributed by atoms with Crippen LogP contribution >= 0.6 is 15.9 Å². The molecule has 3 rings (SSSR count). The second-order valence-electron chi connectivity index (χ2n) is 4.17. The number of fused-ring (bicyclic) bond motifs is 1. The summed E-state index contributed by atoms with van der Waals surface area (Å²) in [4.78, 5) is 4.34. The second-order valence-corrected chi connectivity index (χ2v) is 5.08. The van der Waals surface area contributed by atoms with E-state index in [-0.39, 0.29) is 5.75 Å². The zero-order valence-corrected chi connectivity index (χ0v) is 11.6. The molecule has 0 unspecified atom stereocenters. The van der Waals surface area contributed by atoms with Crippen molar-refractivity contribution in [2.24, 2.45) is 0 Å². The smallest absolute Gasteiger partial charge is 0.139 e. The molecule has 4 heteroatoms. The number of rotatable bonds is 2. The summed E-state index contributed by atoms with van der Waals surface area (Å²) >= 11 is 3.39. The van der Waals surface area contributed by atoms with Gasteiger partial charge in [-0.25, -0.2) is 4.98 Å². The molecule has 1 aromatic heterocycles. The maximum absolute atomic E-state index is 9.86. The summed E-state index contributed by atoms with van der Waals surface area (Å²) in [7, 11) is 0. The molecular formula is C15H11BrN2O. The van der Waals surface area contributed by atoms with Crippen LogP contribution in [0.25, 0.3) is 10.8 Å². The van der Waals surface area contributed by atoms with E-state index in [4.69, 9.17) is 0 Å². The molecule has 2 N–H and O–H groups in total. The van der Waals surface area contributed by atoms with Crippen molar-refractivity contribution in [2.75, 3.05) is 5.32 Å². The van der Waals surface area contributed by atoms with Gasteiger partial charge in [0.2, 0.25) is 0 Å². The average Bonchev–Trinajstić information content (AvgIpc) is 2.43. The fraction of sp³-hybridized carbons (Fsp3) is 0. The number of aromatic hydroxyl groups is 1. The third-order valence-electron chi connectivity index (χ3n) is 2.89. The number of phenolic OH excluding ortho intramolecular Hbond substituents is 1. The van der Waals surface area contributed by atoms with E-state index in [0.717, 1.165) is 21.1 Å². The lowest BCUT2D eigenvalue weighted by Gasteiger charge is -2.10. The van der Waals surface area contributed by atoms with E-state index in [1.54, 1.807) is 18.3 Å². The zero-order valence-electron chi connectivity index (χ0n) is 9.97. The van der Waals surface area contributed by atoms with Crippen LogP contribution in [-0.2, 0) is 0 Å². The molecule has 0 atom stereocenters. The third-order valence-corrected chi connectivity index (χ3v) is 3.38. The highest BCUT2D eigenvalue weighted by Gasteiger charge is 2.06. The van der Waals surface area contributed by atoms with Gasteiger partial charge in [0.1, 0.15) is 11.6 Å². The Balaban J connectivity index is 2.08. The van der Waals surface area contributed by atoms with Gasteiger partial charge in [0, 0.05) is 16.1 Å². The lowest BCUT2D eigenvalue weighted by Crippen LogP contribution is -1.94. The molecule has 0 saturated heterocycles. The number of nitrogens with one attached hydrogen (secondary N) is 1. The van der Waals surface area contributed by atoms with Crippen molar-refractivity contribution in [3.8, 4) is 5.75 Å². The molecule has 19 heavy (non-hydrogen) atoms. The summed E-state index contributed by atoms with van der Waals surface area (Å²) in [5, 5.41) is 15.1. The summed E-state index contributed by atoms with van der Waals surface area (Å²) in [5.74, 6) is 0.921. The predicted molar refractivity (Wildman–Crippen MR) is 80.8 cm³/mol. The van der Waals surface area contributed by atoms with Crippen LogP contribution in [0.2, 0.25) is 0 Å². The van der Waals surface area contributed by atoms with Gasteiger partial charge in [-0.05, 0) is 29.7 Å². The minimum atomic E-state index is 0.193. The van der Waals surface area contributed by atoms with Crippen LogP contribution in [0.3, 0.4) is 0 Å². The van der Waals surface area contributed by atoms with Crippen molar-refractivity contribution in [1.82, 2.24) is 4.98 Å². The van der Waals surface area contributed by atoms with Crippen LogP contribution in [0.1, 0.15) is 0 Å². The van der Waals surface area contributed by atoms with Crippen LogP contribution < -0.4 is 5.32 Å². The second kappa shape index (κ2) is 4.90. The first-order chi connectivity index (χ1) is 9.24. The Morgan fingerprint density at radius 3 is 2.79 bits per heavy atom. The maximum atomic E-state index is 9.86. The summed E-state index contributed by atoms with van der Waals surface area (Å²) in [6.07, 6.45) is 1.75. The molecule has 0 spiro atoms. The van der Waals surface area contributed by atoms with Gasteiger partial charge in [0.25, 0.3) is 0 Å². The van der Waals surface area contributed by atoms with Gasteiger partial charge < -0.3 is 10.4 Å². The van der Waals surface area contributed by atoms with Crippen molar-refractivity contribution in [3.63, 3.8) is 0 Å². The SMILES string of the molecule is Oc1ccc(Br)cc1Nc1nccc2ccccc12. The minimum absolute atomic E-state index is 0.193. The lowest BCUT2D eigenvalue weighted by molar-refractivity contribution is 0.477. The first-order valence-electron chi connectivity index (χ1n) is 5.83. The zero-order chi connectivity index (χ0) is 13.2. The average molecular weight is 315 g/mol. The van der Waals surface area contributed by atoms with Crippen molar-refractivity contribution in [1.29, 1.82) is 0 Å². The number of phenols is 1. The Kier molecular flexibility index (Phi) is 3.09. The first-order valence-corrected chi connectivity index (χ1v) is 6.62. The Hall–Kier alpha value is -2.07. The molecule has 3 nitrogen and oxygen atoms in total. The minimum Gasteiger partial charge on any atom is -0.506 e. The molecule has 2 aromatic carbocycles. The molecule has 3 aromatic rings. The quantitative estimate of drug-likeness (QED) is 0.687. The van der Waals surface area contributed by atoms with Crippen LogP contribution in [0.15, 0.2) is 59.2 Å². The highest BCUT2D eigenvalue weighted by molar-refractivity contribution is 9.10. The highest BCUT2D eigenvalue weighted by atomic mass is 79.9. The number of aromatic nitrogens is 1. The number of hydrogen-bond donors (Lipinski definition) is 2. The molecular weight excluding hydrogens is 304 g/mol. The molecule has 0 aliphatic heterocycles. The van der Waals surface area contributed by atoms with E-state index in [1.165, 1.54) is 0 Å². The van der Waals surface area contributed by atoms with Gasteiger partial charge in [-0.2, -0.15) is 0 Å². The molecule has 0 radical (unpaired) electrons. The predicted octanol–water partition coefficient (Wildman–Crippen LogP) is 4.45. The van der Waals surface area contributed by atoms with Crippen LogP contribution in [0, 0.1) is 0 Å². The van der Waals surface area contributed by atoms with Gasteiger partial charge in [0.05, 0.1) is 5.69 Å². The van der Waals surface area contributed by atoms with Gasteiger partial charge in [-0.3, -0.25) is 0 Å². The van der Waals surface area contributed by atoms with E-state index in [0.29, 0.717) is 5.69 Å². The van der Waals surface area contributed by atoms with E-state index in [9.17, 15) is 5.11 Å². The lowest BCUT2D eigenvalue weighted by atomic mass is 10.1. The number of halogens is 1. The normalized spacial score (nSPS) is 10.6. The monoisotopic (exact) mass is 314 g/mol. The van der Waals surface area contributed by atoms with Crippen LogP contribution in [-0.4, -0.2) is 10.1 Å². The number of hydrogen-bond acceptors (Lipinski definition) is 3. The topological polar surface area (TPSA) is 45.1 Å². The Morgan fingerprint density at radius 2 is 1.89 bits per heavy atom. The number of nitrogens with zero attached hydrogens (tertiary/aromatic N) is 1. The fourth-order valence-corrected chi connectivity index (χ4v) is 2.32. The van der Waals surface area contributed by atoms with Gasteiger partial charge in [0.15, 0.2) is 0 Å². The largest absolute Gasteiger partial charge is 0.506 e. The van der Waals surface area contributed by atoms with Gasteiger partial charge in [-0.1, -0.05) is 40.2 Å². The molecule has 0 aliphatic rings. The first kappa shape index (κ1) is 12.0. The molecule has 0 amide bonds. The van der Waals surface area contributed by atoms with Crippen molar-refractivity contribution in [2.45, 2.75) is 0 Å². The Bertz CT molecular complexity index is 738. The van der Waals surface area contributed by atoms with Gasteiger partial charge >= 0.3 is 0 Å². The molecule has 1 heterocycles. The standard InChI is InChI=1S/C15H11BrN2O/c16-11-5-6-14(19)13(9-11)18-15-12-4-2-1-3-10(12)7-8-17-15/h1-9,19H,(H,17,18). The molecule has 0 aliphatic carbocycles. The van der Waals surface area contributed by atoms with E-state index < -0.39 is 0 Å². The van der Waals surface area contributed by atoms with Crippen molar-refractivity contribution >= 4 is 38.2 Å². The number of pyridine rings is 1. The summed E-state index contributed by atoms with van der Waals surface area (Å²) in [6.45, 7) is 0. The summed E-state index contributed by atoms with van der Waals surface area (Å²) in [5.41, 5.74) is 0.623. The van der Waals surface area contributed by atoms with Crippen molar-refractivity contribution < 1.29 is 5.11 Å². The highest BCUT2D eigenvalue weighted by Crippen LogP contribution is 2.31. The molecule has 0 saturated carbocycles. The molecule has 94 valence electrons. The van der Waals surface area contributed by atoms with E-state index >= 15 is 0 Å². The number of anilines is 2.